The third-order valence-electron chi connectivity index (χ3n) is 4.36. The lowest BCUT2D eigenvalue weighted by Crippen LogP contribution is -2.35. The minimum Gasteiger partial charge on any atom is -0.370 e. The molecule has 0 atom stereocenters. The number of rotatable bonds is 6. The van der Waals surface area contributed by atoms with Gasteiger partial charge in [0, 0.05) is 25.8 Å². The van der Waals surface area contributed by atoms with Crippen LogP contribution in [-0.4, -0.2) is 40.3 Å². The molecule has 2 N–H and O–H groups in total. The number of nitrogens with two attached hydrogens (primary N) is 1. The van der Waals surface area contributed by atoms with Crippen molar-refractivity contribution in [1.29, 1.82) is 0 Å². The molecule has 1 aromatic heterocycles. The van der Waals surface area contributed by atoms with Crippen molar-refractivity contribution >= 4 is 5.96 Å². The molecule has 0 aliphatic heterocycles. The highest BCUT2D eigenvalue weighted by atomic mass is 15.3. The van der Waals surface area contributed by atoms with Crippen LogP contribution < -0.4 is 5.73 Å². The number of aryl methyl sites for hydroxylation is 2. The molecule has 3 rings (SSSR count). The Morgan fingerprint density at radius 1 is 1.35 bits per heavy atom. The van der Waals surface area contributed by atoms with Gasteiger partial charge in [-0.2, -0.15) is 5.10 Å². The molecule has 1 aliphatic carbocycles. The van der Waals surface area contributed by atoms with Gasteiger partial charge in [0.25, 0.3) is 0 Å². The zero-order chi connectivity index (χ0) is 16.2. The van der Waals surface area contributed by atoms with Crippen molar-refractivity contribution in [3.8, 4) is 5.69 Å². The van der Waals surface area contributed by atoms with Crippen molar-refractivity contribution in [2.45, 2.75) is 38.6 Å². The first-order valence-electron chi connectivity index (χ1n) is 8.28. The predicted octanol–water partition coefficient (Wildman–Crippen LogP) is 2.52. The Balaban J connectivity index is 1.54. The van der Waals surface area contributed by atoms with Crippen LogP contribution in [0.4, 0.5) is 0 Å². The van der Waals surface area contributed by atoms with E-state index in [0.717, 1.165) is 30.8 Å². The second-order valence-corrected chi connectivity index (χ2v) is 6.21. The van der Waals surface area contributed by atoms with E-state index in [0.29, 0.717) is 12.0 Å². The van der Waals surface area contributed by atoms with Crippen LogP contribution in [0.3, 0.4) is 0 Å². The SMILES string of the molecule is Cc1nn(-c2ccccc2)cc1CCCN=C(N)N(C)C1CC1. The molecule has 1 aromatic carbocycles. The summed E-state index contributed by atoms with van der Waals surface area (Å²) in [5.41, 5.74) is 9.46. The van der Waals surface area contributed by atoms with E-state index in [9.17, 15) is 0 Å². The Hall–Kier alpha value is -2.30. The molecular weight excluding hydrogens is 286 g/mol. The maximum absolute atomic E-state index is 6.01. The summed E-state index contributed by atoms with van der Waals surface area (Å²) in [4.78, 5) is 6.58. The number of benzene rings is 1. The fourth-order valence-electron chi connectivity index (χ4n) is 2.68. The van der Waals surface area contributed by atoms with Crippen LogP contribution in [0, 0.1) is 6.92 Å². The van der Waals surface area contributed by atoms with Crippen LogP contribution in [0.15, 0.2) is 41.5 Å². The van der Waals surface area contributed by atoms with Gasteiger partial charge in [0.15, 0.2) is 5.96 Å². The smallest absolute Gasteiger partial charge is 0.191 e. The summed E-state index contributed by atoms with van der Waals surface area (Å²) < 4.78 is 1.95. The summed E-state index contributed by atoms with van der Waals surface area (Å²) in [7, 11) is 2.03. The molecular formula is C18H25N5. The number of para-hydroxylation sites is 1. The summed E-state index contributed by atoms with van der Waals surface area (Å²) in [6.07, 6.45) is 6.56. The monoisotopic (exact) mass is 311 g/mol. The Kier molecular flexibility index (Phi) is 4.65. The molecule has 0 bridgehead atoms. The third kappa shape index (κ3) is 3.92. The Bertz CT molecular complexity index is 670. The van der Waals surface area contributed by atoms with Crippen LogP contribution in [-0.2, 0) is 6.42 Å². The maximum atomic E-state index is 6.01. The van der Waals surface area contributed by atoms with Gasteiger partial charge in [-0.1, -0.05) is 18.2 Å². The van der Waals surface area contributed by atoms with Crippen molar-refractivity contribution in [2.75, 3.05) is 13.6 Å². The summed E-state index contributed by atoms with van der Waals surface area (Å²) in [6, 6.07) is 10.8. The first-order valence-corrected chi connectivity index (χ1v) is 8.28. The Morgan fingerprint density at radius 3 is 2.78 bits per heavy atom. The van der Waals surface area contributed by atoms with Crippen molar-refractivity contribution in [3.05, 3.63) is 47.8 Å². The number of hydrogen-bond acceptors (Lipinski definition) is 2. The van der Waals surface area contributed by atoms with Gasteiger partial charge in [-0.25, -0.2) is 4.68 Å². The zero-order valence-electron chi connectivity index (χ0n) is 13.9. The van der Waals surface area contributed by atoms with E-state index < -0.39 is 0 Å². The van der Waals surface area contributed by atoms with Crippen molar-refractivity contribution < 1.29 is 0 Å². The van der Waals surface area contributed by atoms with Crippen LogP contribution in [0.5, 0.6) is 0 Å². The van der Waals surface area contributed by atoms with E-state index in [1.165, 1.54) is 18.4 Å². The normalized spacial score (nSPS) is 15.0. The van der Waals surface area contributed by atoms with Crippen molar-refractivity contribution in [2.24, 2.45) is 10.7 Å². The molecule has 5 heteroatoms. The Labute approximate surface area is 137 Å². The van der Waals surface area contributed by atoms with Crippen LogP contribution in [0.2, 0.25) is 0 Å². The molecule has 2 aromatic rings. The lowest BCUT2D eigenvalue weighted by atomic mass is 10.1. The molecule has 0 unspecified atom stereocenters. The average Bonchev–Trinajstić information content (AvgIpc) is 3.35. The molecule has 1 fully saturated rings. The van der Waals surface area contributed by atoms with Crippen LogP contribution >= 0.6 is 0 Å². The van der Waals surface area contributed by atoms with Crippen molar-refractivity contribution in [1.82, 2.24) is 14.7 Å². The number of guanidine groups is 1. The highest BCUT2D eigenvalue weighted by molar-refractivity contribution is 5.78. The molecule has 0 saturated heterocycles. The molecule has 1 aliphatic rings. The summed E-state index contributed by atoms with van der Waals surface area (Å²) >= 11 is 0. The van der Waals surface area contributed by atoms with Gasteiger partial charge in [-0.3, -0.25) is 4.99 Å². The van der Waals surface area contributed by atoms with Gasteiger partial charge >= 0.3 is 0 Å². The number of hydrogen-bond donors (Lipinski definition) is 1. The molecule has 122 valence electrons. The number of aromatic nitrogens is 2. The van der Waals surface area contributed by atoms with Crippen molar-refractivity contribution in [3.63, 3.8) is 0 Å². The summed E-state index contributed by atoms with van der Waals surface area (Å²) in [5.74, 6) is 0.671. The maximum Gasteiger partial charge on any atom is 0.191 e. The molecule has 0 amide bonds. The van der Waals surface area contributed by atoms with E-state index in [1.807, 2.05) is 29.9 Å². The minimum absolute atomic E-state index is 0.616. The number of nitrogens with zero attached hydrogens (tertiary/aromatic N) is 4. The lowest BCUT2D eigenvalue weighted by Gasteiger charge is -2.16. The summed E-state index contributed by atoms with van der Waals surface area (Å²) in [5, 5.41) is 4.60. The van der Waals surface area contributed by atoms with Gasteiger partial charge in [-0.05, 0) is 50.3 Å². The molecule has 5 nitrogen and oxygen atoms in total. The average molecular weight is 311 g/mol. The van der Waals surface area contributed by atoms with E-state index in [1.54, 1.807) is 0 Å². The molecule has 1 saturated carbocycles. The highest BCUT2D eigenvalue weighted by Crippen LogP contribution is 2.24. The zero-order valence-corrected chi connectivity index (χ0v) is 13.9. The van der Waals surface area contributed by atoms with Gasteiger partial charge < -0.3 is 10.6 Å². The second-order valence-electron chi connectivity index (χ2n) is 6.21. The van der Waals surface area contributed by atoms with Gasteiger partial charge in [0.05, 0.1) is 11.4 Å². The molecule has 0 radical (unpaired) electrons. The van der Waals surface area contributed by atoms with E-state index in [4.69, 9.17) is 5.73 Å². The number of aliphatic imine (C=N–C) groups is 1. The van der Waals surface area contributed by atoms with Gasteiger partial charge in [-0.15, -0.1) is 0 Å². The van der Waals surface area contributed by atoms with E-state index >= 15 is 0 Å². The molecule has 23 heavy (non-hydrogen) atoms. The summed E-state index contributed by atoms with van der Waals surface area (Å²) in [6.45, 7) is 2.83. The standard InChI is InChI=1S/C18H25N5/c1-14-15(13-23(21-14)17-8-4-3-5-9-17)7-6-12-20-18(19)22(2)16-10-11-16/h3-5,8-9,13,16H,6-7,10-12H2,1-2H3,(H2,19,20). The highest BCUT2D eigenvalue weighted by Gasteiger charge is 2.27. The van der Waals surface area contributed by atoms with E-state index in [-0.39, 0.29) is 0 Å². The quantitative estimate of drug-likeness (QED) is 0.506. The first kappa shape index (κ1) is 15.6. The molecule has 0 spiro atoms. The second kappa shape index (κ2) is 6.86. The third-order valence-corrected chi connectivity index (χ3v) is 4.36. The predicted molar refractivity (Wildman–Crippen MR) is 93.9 cm³/mol. The topological polar surface area (TPSA) is 59.4 Å². The van der Waals surface area contributed by atoms with Crippen LogP contribution in [0.25, 0.3) is 5.69 Å². The van der Waals surface area contributed by atoms with Crippen LogP contribution in [0.1, 0.15) is 30.5 Å². The minimum atomic E-state index is 0.616. The van der Waals surface area contributed by atoms with E-state index in [2.05, 4.69) is 40.2 Å². The first-order chi connectivity index (χ1) is 11.1. The molecule has 1 heterocycles. The van der Waals surface area contributed by atoms with Gasteiger partial charge in [0.1, 0.15) is 0 Å². The lowest BCUT2D eigenvalue weighted by molar-refractivity contribution is 0.487. The fourth-order valence-corrected chi connectivity index (χ4v) is 2.68. The largest absolute Gasteiger partial charge is 0.370 e. The van der Waals surface area contributed by atoms with Gasteiger partial charge in [0.2, 0.25) is 0 Å². The Morgan fingerprint density at radius 2 is 2.09 bits per heavy atom. The fraction of sp³-hybridized carbons (Fsp3) is 0.444.